The predicted molar refractivity (Wildman–Crippen MR) is 114 cm³/mol. The quantitative estimate of drug-likeness (QED) is 0.479. The molecular weight excluding hydrogens is 407 g/mol. The molecule has 152 valence electrons. The maximum atomic E-state index is 14.8. The normalized spacial score (nSPS) is 14.0. The second-order valence-electron chi connectivity index (χ2n) is 7.43. The molecule has 4 aromatic rings. The Morgan fingerprint density at radius 1 is 1.17 bits per heavy atom. The fourth-order valence-corrected chi connectivity index (χ4v) is 4.11. The lowest BCUT2D eigenvalue weighted by atomic mass is 10.1. The van der Waals surface area contributed by atoms with Crippen LogP contribution in [0.15, 0.2) is 51.9 Å². The fourth-order valence-electron chi connectivity index (χ4n) is 3.92. The predicted octanol–water partition coefficient (Wildman–Crippen LogP) is 4.65. The molecule has 0 N–H and O–H groups in total. The summed E-state index contributed by atoms with van der Waals surface area (Å²) in [6.45, 7) is 1.64. The summed E-state index contributed by atoms with van der Waals surface area (Å²) in [5.74, 6) is 0.00510. The molecule has 3 heterocycles. The topological polar surface area (TPSA) is 64.2 Å². The van der Waals surface area contributed by atoms with Gasteiger partial charge in [-0.3, -0.25) is 4.79 Å². The Labute approximate surface area is 176 Å². The fraction of sp³-hybridized carbons (Fsp3) is 0.227. The summed E-state index contributed by atoms with van der Waals surface area (Å²) in [5.41, 5.74) is 1.73. The summed E-state index contributed by atoms with van der Waals surface area (Å²) in [6, 6.07) is 10.1. The summed E-state index contributed by atoms with van der Waals surface area (Å²) in [6.07, 6.45) is 3.73. The summed E-state index contributed by atoms with van der Waals surface area (Å²) < 4.78 is 22.0. The van der Waals surface area contributed by atoms with Crippen LogP contribution in [0.1, 0.15) is 12.8 Å². The molecule has 5 rings (SSSR count). The number of fused-ring (bicyclic) bond motifs is 1. The van der Waals surface area contributed by atoms with Crippen LogP contribution >= 0.6 is 11.6 Å². The van der Waals surface area contributed by atoms with Crippen molar-refractivity contribution in [1.82, 2.24) is 14.7 Å². The van der Waals surface area contributed by atoms with Crippen molar-refractivity contribution >= 4 is 28.2 Å². The van der Waals surface area contributed by atoms with E-state index in [-0.39, 0.29) is 22.3 Å². The van der Waals surface area contributed by atoms with Crippen LogP contribution in [-0.2, 0) is 7.05 Å². The van der Waals surface area contributed by atoms with Crippen LogP contribution in [0.25, 0.3) is 33.7 Å². The van der Waals surface area contributed by atoms with E-state index in [4.69, 9.17) is 16.1 Å². The number of pyridine rings is 1. The molecule has 1 fully saturated rings. The maximum Gasteiger partial charge on any atom is 0.263 e. The average Bonchev–Trinajstić information content (AvgIpc) is 3.42. The molecule has 1 aliphatic rings. The van der Waals surface area contributed by atoms with Crippen LogP contribution < -0.4 is 10.3 Å². The van der Waals surface area contributed by atoms with Crippen LogP contribution in [0.2, 0.25) is 5.02 Å². The van der Waals surface area contributed by atoms with Crippen molar-refractivity contribution < 1.29 is 8.91 Å². The number of halogens is 2. The van der Waals surface area contributed by atoms with Crippen LogP contribution in [0.4, 0.5) is 10.1 Å². The Kier molecular flexibility index (Phi) is 4.55. The Hall–Kier alpha value is -3.19. The minimum atomic E-state index is -0.399. The van der Waals surface area contributed by atoms with Gasteiger partial charge in [-0.15, -0.1) is 0 Å². The number of aromatic nitrogens is 3. The molecular formula is C22H18ClFN4O2. The molecule has 6 nitrogen and oxygen atoms in total. The monoisotopic (exact) mass is 424 g/mol. The van der Waals surface area contributed by atoms with Crippen molar-refractivity contribution in [2.45, 2.75) is 12.8 Å². The molecule has 1 saturated heterocycles. The molecule has 0 atom stereocenters. The van der Waals surface area contributed by atoms with Gasteiger partial charge in [0.15, 0.2) is 0 Å². The van der Waals surface area contributed by atoms with E-state index in [1.165, 1.54) is 6.07 Å². The van der Waals surface area contributed by atoms with Gasteiger partial charge < -0.3 is 14.0 Å². The first-order valence-corrected chi connectivity index (χ1v) is 10.1. The van der Waals surface area contributed by atoms with Crippen molar-refractivity contribution in [1.29, 1.82) is 0 Å². The van der Waals surface area contributed by atoms with Gasteiger partial charge in [0.25, 0.3) is 5.89 Å². The Balaban J connectivity index is 1.62. The minimum absolute atomic E-state index is 0.0801. The van der Waals surface area contributed by atoms with Gasteiger partial charge in [0.1, 0.15) is 11.4 Å². The molecule has 0 amide bonds. The summed E-state index contributed by atoms with van der Waals surface area (Å²) in [7, 11) is 1.81. The average molecular weight is 425 g/mol. The number of aryl methyl sites for hydroxylation is 1. The molecule has 0 bridgehead atoms. The lowest BCUT2D eigenvalue weighted by molar-refractivity contribution is 0.432. The zero-order valence-corrected chi connectivity index (χ0v) is 17.0. The van der Waals surface area contributed by atoms with Gasteiger partial charge in [-0.1, -0.05) is 28.9 Å². The van der Waals surface area contributed by atoms with Gasteiger partial charge >= 0.3 is 0 Å². The van der Waals surface area contributed by atoms with E-state index < -0.39 is 5.82 Å². The van der Waals surface area contributed by atoms with Gasteiger partial charge in [0.05, 0.1) is 11.2 Å². The third-order valence-electron chi connectivity index (χ3n) is 5.44. The van der Waals surface area contributed by atoms with Crippen molar-refractivity contribution in [3.8, 4) is 22.8 Å². The number of benzene rings is 2. The summed E-state index contributed by atoms with van der Waals surface area (Å²) in [4.78, 5) is 19.5. The molecule has 0 saturated carbocycles. The molecule has 2 aromatic heterocycles. The van der Waals surface area contributed by atoms with Gasteiger partial charge in [-0.05, 0) is 37.1 Å². The highest BCUT2D eigenvalue weighted by atomic mass is 35.5. The van der Waals surface area contributed by atoms with E-state index in [0.717, 1.165) is 25.9 Å². The highest BCUT2D eigenvalue weighted by Gasteiger charge is 2.21. The number of hydrogen-bond acceptors (Lipinski definition) is 5. The smallest absolute Gasteiger partial charge is 0.263 e. The molecule has 8 heteroatoms. The zero-order valence-electron chi connectivity index (χ0n) is 16.2. The first-order chi connectivity index (χ1) is 14.5. The Morgan fingerprint density at radius 2 is 1.97 bits per heavy atom. The molecule has 0 radical (unpaired) electrons. The van der Waals surface area contributed by atoms with Crippen LogP contribution in [0.3, 0.4) is 0 Å². The first-order valence-electron chi connectivity index (χ1n) is 9.69. The Morgan fingerprint density at radius 3 is 2.73 bits per heavy atom. The SMILES string of the molecule is Cn1cc(-c2nc(-c3cccc(Cl)c3)no2)c(=O)c2cc(F)c(N3CCCC3)cc21. The summed E-state index contributed by atoms with van der Waals surface area (Å²) >= 11 is 6.03. The van der Waals surface area contributed by atoms with E-state index in [1.807, 2.05) is 11.9 Å². The highest BCUT2D eigenvalue weighted by molar-refractivity contribution is 6.30. The lowest BCUT2D eigenvalue weighted by Crippen LogP contribution is -2.20. The lowest BCUT2D eigenvalue weighted by Gasteiger charge is -2.19. The highest BCUT2D eigenvalue weighted by Crippen LogP contribution is 2.29. The zero-order chi connectivity index (χ0) is 20.8. The number of nitrogens with zero attached hydrogens (tertiary/aromatic N) is 4. The number of rotatable bonds is 3. The van der Waals surface area contributed by atoms with Crippen molar-refractivity contribution in [2.24, 2.45) is 7.05 Å². The van der Waals surface area contributed by atoms with Crippen LogP contribution in [0, 0.1) is 5.82 Å². The minimum Gasteiger partial charge on any atom is -0.369 e. The van der Waals surface area contributed by atoms with Gasteiger partial charge in [0, 0.05) is 42.3 Å². The molecule has 0 spiro atoms. The number of anilines is 1. The third-order valence-corrected chi connectivity index (χ3v) is 5.68. The van der Waals surface area contributed by atoms with Crippen molar-refractivity contribution in [3.63, 3.8) is 0 Å². The van der Waals surface area contributed by atoms with Crippen molar-refractivity contribution in [3.05, 3.63) is 63.7 Å². The van der Waals surface area contributed by atoms with Crippen molar-refractivity contribution in [2.75, 3.05) is 18.0 Å². The molecule has 2 aromatic carbocycles. The second kappa shape index (κ2) is 7.25. The standard InChI is InChI=1S/C22H18ClFN4O2/c1-27-12-16(22-25-21(26-30-22)13-5-4-6-14(23)9-13)20(29)15-10-17(24)19(11-18(15)27)28-7-2-3-8-28/h4-6,9-12H,2-3,7-8H2,1H3. The van der Waals surface area contributed by atoms with Gasteiger partial charge in [0.2, 0.25) is 11.3 Å². The molecule has 0 aliphatic carbocycles. The van der Waals surface area contributed by atoms with Gasteiger partial charge in [-0.25, -0.2) is 4.39 Å². The van der Waals surface area contributed by atoms with E-state index in [1.54, 1.807) is 41.1 Å². The molecule has 30 heavy (non-hydrogen) atoms. The van der Waals surface area contributed by atoms with E-state index >= 15 is 0 Å². The molecule has 1 aliphatic heterocycles. The largest absolute Gasteiger partial charge is 0.369 e. The third kappa shape index (κ3) is 3.15. The van der Waals surface area contributed by atoms with E-state index in [0.29, 0.717) is 27.6 Å². The maximum absolute atomic E-state index is 14.8. The van der Waals surface area contributed by atoms with E-state index in [9.17, 15) is 9.18 Å². The van der Waals surface area contributed by atoms with Gasteiger partial charge in [-0.2, -0.15) is 4.98 Å². The Bertz CT molecular complexity index is 1320. The van der Waals surface area contributed by atoms with Crippen LogP contribution in [0.5, 0.6) is 0 Å². The van der Waals surface area contributed by atoms with Crippen LogP contribution in [-0.4, -0.2) is 27.8 Å². The number of hydrogen-bond donors (Lipinski definition) is 0. The first kappa shape index (κ1) is 18.8. The summed E-state index contributed by atoms with van der Waals surface area (Å²) in [5, 5.41) is 4.79. The second-order valence-corrected chi connectivity index (χ2v) is 7.87. The van der Waals surface area contributed by atoms with E-state index in [2.05, 4.69) is 10.1 Å². The molecule has 0 unspecified atom stereocenters.